The van der Waals surface area contributed by atoms with Crippen molar-refractivity contribution in [1.29, 1.82) is 0 Å². The summed E-state index contributed by atoms with van der Waals surface area (Å²) in [4.78, 5) is 27.8. The van der Waals surface area contributed by atoms with E-state index in [1.807, 2.05) is 20.8 Å². The van der Waals surface area contributed by atoms with Crippen LogP contribution in [0.3, 0.4) is 0 Å². The minimum Gasteiger partial charge on any atom is -0.493 e. The Labute approximate surface area is 195 Å². The van der Waals surface area contributed by atoms with E-state index in [0.29, 0.717) is 50.0 Å². The van der Waals surface area contributed by atoms with Gasteiger partial charge in [-0.15, -0.1) is 0 Å². The molecule has 1 aromatic rings. The minimum atomic E-state index is -0.475. The number of benzene rings is 1. The minimum absolute atomic E-state index is 0.0201. The summed E-state index contributed by atoms with van der Waals surface area (Å²) in [6.07, 6.45) is 3.55. The van der Waals surface area contributed by atoms with Crippen molar-refractivity contribution in [2.24, 2.45) is 11.8 Å². The molecule has 0 saturated carbocycles. The highest BCUT2D eigenvalue weighted by atomic mass is 19.1. The zero-order valence-electron chi connectivity index (χ0n) is 20.0. The molecule has 2 aliphatic heterocycles. The van der Waals surface area contributed by atoms with Gasteiger partial charge in [-0.05, 0) is 64.0 Å². The van der Waals surface area contributed by atoms with Gasteiger partial charge in [-0.1, -0.05) is 6.07 Å². The maximum Gasteiger partial charge on any atom is 0.410 e. The van der Waals surface area contributed by atoms with Gasteiger partial charge in [0, 0.05) is 44.8 Å². The van der Waals surface area contributed by atoms with Crippen molar-refractivity contribution in [3.63, 3.8) is 0 Å². The molecule has 2 fully saturated rings. The highest BCUT2D eigenvalue weighted by Gasteiger charge is 2.30. The van der Waals surface area contributed by atoms with E-state index < -0.39 is 11.4 Å². The summed E-state index contributed by atoms with van der Waals surface area (Å²) in [7, 11) is 0. The Kier molecular flexibility index (Phi) is 8.57. The molecule has 3 rings (SSSR count). The average Bonchev–Trinajstić information content (AvgIpc) is 2.71. The zero-order chi connectivity index (χ0) is 24.0. The van der Waals surface area contributed by atoms with E-state index in [4.69, 9.17) is 14.6 Å². The summed E-state index contributed by atoms with van der Waals surface area (Å²) in [5.74, 6) is 0.601. The number of halogens is 1. The van der Waals surface area contributed by atoms with Crippen molar-refractivity contribution >= 4 is 12.0 Å². The van der Waals surface area contributed by atoms with E-state index in [2.05, 4.69) is 0 Å². The SMILES string of the molecule is CC(C)(C)OC(=O)N1CCC(CCCOc2ccc(CC(=O)N3CC(CO)C3)c(F)c2)CC1. The summed E-state index contributed by atoms with van der Waals surface area (Å²) in [5.41, 5.74) is -0.117. The first kappa shape index (κ1) is 25.3. The Morgan fingerprint density at radius 2 is 1.82 bits per heavy atom. The quantitative estimate of drug-likeness (QED) is 0.595. The second-order valence-electron chi connectivity index (χ2n) is 10.2. The van der Waals surface area contributed by atoms with Crippen LogP contribution < -0.4 is 4.74 Å². The molecule has 33 heavy (non-hydrogen) atoms. The highest BCUT2D eigenvalue weighted by molar-refractivity contribution is 5.79. The van der Waals surface area contributed by atoms with Crippen LogP contribution in [0.4, 0.5) is 9.18 Å². The van der Waals surface area contributed by atoms with Gasteiger partial charge in [-0.2, -0.15) is 0 Å². The lowest BCUT2D eigenvalue weighted by Gasteiger charge is -2.38. The fourth-order valence-corrected chi connectivity index (χ4v) is 4.22. The van der Waals surface area contributed by atoms with Crippen LogP contribution in [-0.2, 0) is 16.0 Å². The molecule has 1 N–H and O–H groups in total. The Bertz CT molecular complexity index is 812. The van der Waals surface area contributed by atoms with E-state index in [0.717, 1.165) is 25.7 Å². The van der Waals surface area contributed by atoms with Gasteiger partial charge in [-0.3, -0.25) is 4.79 Å². The van der Waals surface area contributed by atoms with Gasteiger partial charge in [0.15, 0.2) is 0 Å². The van der Waals surface area contributed by atoms with Gasteiger partial charge >= 0.3 is 6.09 Å². The molecule has 8 heteroatoms. The summed E-state index contributed by atoms with van der Waals surface area (Å²) in [6, 6.07) is 4.66. The molecule has 0 aromatic heterocycles. The van der Waals surface area contributed by atoms with Crippen LogP contribution in [0.5, 0.6) is 5.75 Å². The predicted octanol–water partition coefficient (Wildman–Crippen LogP) is 3.63. The summed E-state index contributed by atoms with van der Waals surface area (Å²) in [5, 5.41) is 9.05. The van der Waals surface area contributed by atoms with E-state index in [1.54, 1.807) is 21.9 Å². The number of aliphatic hydroxyl groups is 1. The van der Waals surface area contributed by atoms with Crippen molar-refractivity contribution in [3.05, 3.63) is 29.6 Å². The van der Waals surface area contributed by atoms with Crippen molar-refractivity contribution in [1.82, 2.24) is 9.80 Å². The molecular weight excluding hydrogens is 427 g/mol. The Morgan fingerprint density at radius 3 is 2.42 bits per heavy atom. The number of carbonyl (C=O) groups is 2. The number of aliphatic hydroxyl groups excluding tert-OH is 1. The van der Waals surface area contributed by atoms with Gasteiger partial charge in [0.1, 0.15) is 17.2 Å². The van der Waals surface area contributed by atoms with Crippen molar-refractivity contribution in [2.45, 2.75) is 58.5 Å². The van der Waals surface area contributed by atoms with Crippen LogP contribution in [0.2, 0.25) is 0 Å². The molecule has 0 radical (unpaired) electrons. The van der Waals surface area contributed by atoms with Crippen molar-refractivity contribution < 1.29 is 28.6 Å². The molecule has 2 amide bonds. The van der Waals surface area contributed by atoms with E-state index >= 15 is 0 Å². The molecule has 2 aliphatic rings. The topological polar surface area (TPSA) is 79.3 Å². The van der Waals surface area contributed by atoms with Crippen molar-refractivity contribution in [3.8, 4) is 5.75 Å². The van der Waals surface area contributed by atoms with Gasteiger partial charge in [0.25, 0.3) is 0 Å². The fourth-order valence-electron chi connectivity index (χ4n) is 4.22. The average molecular weight is 465 g/mol. The van der Waals surface area contributed by atoms with Crippen LogP contribution in [-0.4, -0.2) is 71.9 Å². The molecule has 7 nitrogen and oxygen atoms in total. The molecule has 0 bridgehead atoms. The smallest absolute Gasteiger partial charge is 0.410 e. The summed E-state index contributed by atoms with van der Waals surface area (Å²) >= 11 is 0. The number of rotatable bonds is 8. The number of piperidine rings is 1. The maximum atomic E-state index is 14.4. The molecule has 1 aromatic carbocycles. The molecular formula is C25H37FN2O5. The lowest BCUT2D eigenvalue weighted by atomic mass is 9.92. The normalized spacial score (nSPS) is 17.6. The first-order valence-corrected chi connectivity index (χ1v) is 11.9. The van der Waals surface area contributed by atoms with Crippen LogP contribution in [0.25, 0.3) is 0 Å². The highest BCUT2D eigenvalue weighted by Crippen LogP contribution is 2.24. The number of ether oxygens (including phenoxy) is 2. The number of amides is 2. The lowest BCUT2D eigenvalue weighted by Crippen LogP contribution is -2.51. The number of hydrogen-bond acceptors (Lipinski definition) is 5. The van der Waals surface area contributed by atoms with E-state index in [1.165, 1.54) is 6.07 Å². The Hall–Kier alpha value is -2.35. The standard InChI is InChI=1S/C25H37FN2O5/c1-25(2,3)33-24(31)27-10-8-18(9-11-27)5-4-12-32-21-7-6-20(22(26)14-21)13-23(30)28-15-19(16-28)17-29/h6-7,14,18-19,29H,4-5,8-13,15-17H2,1-3H3. The largest absolute Gasteiger partial charge is 0.493 e. The number of hydrogen-bond donors (Lipinski definition) is 1. The van der Waals surface area contributed by atoms with E-state index in [-0.39, 0.29) is 30.9 Å². The second-order valence-corrected chi connectivity index (χ2v) is 10.2. The Morgan fingerprint density at radius 1 is 1.12 bits per heavy atom. The summed E-state index contributed by atoms with van der Waals surface area (Å²) in [6.45, 7) is 8.70. The molecule has 184 valence electrons. The molecule has 0 aliphatic carbocycles. The first-order valence-electron chi connectivity index (χ1n) is 11.9. The van der Waals surface area contributed by atoms with Gasteiger partial charge < -0.3 is 24.4 Å². The Balaban J connectivity index is 1.33. The molecule has 0 spiro atoms. The van der Waals surface area contributed by atoms with Crippen LogP contribution in [0.1, 0.15) is 52.0 Å². The van der Waals surface area contributed by atoms with Crippen LogP contribution in [0.15, 0.2) is 18.2 Å². The third kappa shape index (κ3) is 7.59. The second kappa shape index (κ2) is 11.2. The summed E-state index contributed by atoms with van der Waals surface area (Å²) < 4.78 is 25.6. The van der Waals surface area contributed by atoms with Crippen LogP contribution in [0, 0.1) is 17.7 Å². The number of carbonyl (C=O) groups excluding carboxylic acids is 2. The van der Waals surface area contributed by atoms with Crippen LogP contribution >= 0.6 is 0 Å². The molecule has 0 atom stereocenters. The maximum absolute atomic E-state index is 14.4. The molecule has 2 heterocycles. The van der Waals surface area contributed by atoms with E-state index in [9.17, 15) is 14.0 Å². The third-order valence-electron chi connectivity index (χ3n) is 6.23. The fraction of sp³-hybridized carbons (Fsp3) is 0.680. The lowest BCUT2D eigenvalue weighted by molar-refractivity contribution is -0.137. The van der Waals surface area contributed by atoms with Crippen molar-refractivity contribution in [2.75, 3.05) is 39.4 Å². The first-order chi connectivity index (χ1) is 15.6. The number of nitrogens with zero attached hydrogens (tertiary/aromatic N) is 2. The molecule has 0 unspecified atom stereocenters. The van der Waals surface area contributed by atoms with Gasteiger partial charge in [-0.25, -0.2) is 9.18 Å². The van der Waals surface area contributed by atoms with Gasteiger partial charge in [0.2, 0.25) is 5.91 Å². The molecule has 2 saturated heterocycles. The van der Waals surface area contributed by atoms with Gasteiger partial charge in [0.05, 0.1) is 13.0 Å². The third-order valence-corrected chi connectivity index (χ3v) is 6.23. The monoisotopic (exact) mass is 464 g/mol. The number of likely N-dealkylation sites (tertiary alicyclic amines) is 2. The zero-order valence-corrected chi connectivity index (χ0v) is 20.0. The predicted molar refractivity (Wildman–Crippen MR) is 123 cm³/mol.